The third-order valence-electron chi connectivity index (χ3n) is 5.07. The molecule has 0 aliphatic carbocycles. The normalized spacial score (nSPS) is 15.7. The number of piperazine rings is 1. The zero-order valence-corrected chi connectivity index (χ0v) is 16.1. The molecule has 1 aliphatic heterocycles. The Labute approximate surface area is 154 Å². The van der Waals surface area contributed by atoms with E-state index in [1.807, 2.05) is 42.8 Å². The molecule has 1 aliphatic rings. The van der Waals surface area contributed by atoms with Crippen molar-refractivity contribution in [2.45, 2.75) is 20.5 Å². The number of amides is 2. The summed E-state index contributed by atoms with van der Waals surface area (Å²) in [6, 6.07) is 8.47. The van der Waals surface area contributed by atoms with E-state index >= 15 is 0 Å². The van der Waals surface area contributed by atoms with Crippen molar-refractivity contribution in [3.63, 3.8) is 0 Å². The SMILES string of the molecule is CCN(CC)C(=O)N1CCN(Cn2c(=S)n(C)c3ccccc32)CC1. The van der Waals surface area contributed by atoms with Gasteiger partial charge in [0.05, 0.1) is 17.7 Å². The fourth-order valence-electron chi connectivity index (χ4n) is 3.47. The van der Waals surface area contributed by atoms with Gasteiger partial charge in [0.25, 0.3) is 0 Å². The highest BCUT2D eigenvalue weighted by molar-refractivity contribution is 7.71. The first-order chi connectivity index (χ1) is 12.1. The third kappa shape index (κ3) is 3.43. The monoisotopic (exact) mass is 361 g/mol. The Kier molecular flexibility index (Phi) is 5.44. The van der Waals surface area contributed by atoms with Gasteiger partial charge >= 0.3 is 6.03 Å². The Morgan fingerprint density at radius 2 is 1.68 bits per heavy atom. The molecule has 0 bridgehead atoms. The molecule has 25 heavy (non-hydrogen) atoms. The number of hydrogen-bond donors (Lipinski definition) is 0. The van der Waals surface area contributed by atoms with Crippen LogP contribution in [-0.2, 0) is 13.7 Å². The molecule has 0 N–H and O–H groups in total. The van der Waals surface area contributed by atoms with Gasteiger partial charge in [-0.15, -0.1) is 0 Å². The van der Waals surface area contributed by atoms with Crippen LogP contribution in [0.5, 0.6) is 0 Å². The highest BCUT2D eigenvalue weighted by atomic mass is 32.1. The molecule has 1 saturated heterocycles. The zero-order valence-electron chi connectivity index (χ0n) is 15.3. The molecule has 0 spiro atoms. The Morgan fingerprint density at radius 3 is 2.28 bits per heavy atom. The second-order valence-electron chi connectivity index (χ2n) is 6.46. The highest BCUT2D eigenvalue weighted by Crippen LogP contribution is 2.18. The number of urea groups is 1. The first kappa shape index (κ1) is 17.9. The topological polar surface area (TPSA) is 36.7 Å². The summed E-state index contributed by atoms with van der Waals surface area (Å²) in [6.45, 7) is 9.64. The van der Waals surface area contributed by atoms with Crippen molar-refractivity contribution in [3.8, 4) is 0 Å². The Hall–Kier alpha value is -1.86. The van der Waals surface area contributed by atoms with Gasteiger partial charge in [0.15, 0.2) is 4.77 Å². The average Bonchev–Trinajstić information content (AvgIpc) is 2.88. The van der Waals surface area contributed by atoms with Gasteiger partial charge in [0.1, 0.15) is 0 Å². The van der Waals surface area contributed by atoms with E-state index in [9.17, 15) is 4.79 Å². The molecular weight excluding hydrogens is 334 g/mol. The quantitative estimate of drug-likeness (QED) is 0.786. The van der Waals surface area contributed by atoms with Crippen LogP contribution in [0.4, 0.5) is 4.79 Å². The molecule has 0 unspecified atom stereocenters. The molecule has 0 saturated carbocycles. The standard InChI is InChI=1S/C18H27N5OS/c1-4-21(5-2)17(24)22-12-10-20(11-13-22)14-23-16-9-7-6-8-15(16)19(3)18(23)25/h6-9H,4-5,10-14H2,1-3H3. The lowest BCUT2D eigenvalue weighted by molar-refractivity contribution is 0.101. The minimum absolute atomic E-state index is 0.159. The van der Waals surface area contributed by atoms with Crippen molar-refractivity contribution in [3.05, 3.63) is 29.0 Å². The molecular formula is C18H27N5OS. The lowest BCUT2D eigenvalue weighted by Gasteiger charge is -2.37. The van der Waals surface area contributed by atoms with Gasteiger partial charge in [-0.2, -0.15) is 0 Å². The van der Waals surface area contributed by atoms with E-state index in [1.165, 1.54) is 0 Å². The molecule has 3 rings (SSSR count). The smallest absolute Gasteiger partial charge is 0.320 e. The number of para-hydroxylation sites is 2. The van der Waals surface area contributed by atoms with Crippen molar-refractivity contribution >= 4 is 29.3 Å². The van der Waals surface area contributed by atoms with Crippen molar-refractivity contribution in [2.75, 3.05) is 39.3 Å². The van der Waals surface area contributed by atoms with E-state index in [4.69, 9.17) is 12.2 Å². The second kappa shape index (κ2) is 7.58. The maximum atomic E-state index is 12.5. The van der Waals surface area contributed by atoms with Gasteiger partial charge in [-0.1, -0.05) is 12.1 Å². The first-order valence-electron chi connectivity index (χ1n) is 8.97. The summed E-state index contributed by atoms with van der Waals surface area (Å²) in [5, 5.41) is 0. The summed E-state index contributed by atoms with van der Waals surface area (Å²) in [5.74, 6) is 0. The molecule has 2 aromatic rings. The van der Waals surface area contributed by atoms with Crippen LogP contribution in [0, 0.1) is 4.77 Å². The van der Waals surface area contributed by atoms with Gasteiger partial charge in [0, 0.05) is 46.3 Å². The fraction of sp³-hybridized carbons (Fsp3) is 0.556. The third-order valence-corrected chi connectivity index (χ3v) is 5.56. The number of imidazole rings is 1. The number of carbonyl (C=O) groups is 1. The van der Waals surface area contributed by atoms with E-state index in [-0.39, 0.29) is 6.03 Å². The Balaban J connectivity index is 1.68. The number of carbonyl (C=O) groups excluding carboxylic acids is 1. The van der Waals surface area contributed by atoms with Gasteiger partial charge in [-0.3, -0.25) is 4.90 Å². The summed E-state index contributed by atoms with van der Waals surface area (Å²) < 4.78 is 5.08. The van der Waals surface area contributed by atoms with Crippen LogP contribution in [0.3, 0.4) is 0 Å². The predicted molar refractivity (Wildman–Crippen MR) is 103 cm³/mol. The lowest BCUT2D eigenvalue weighted by atomic mass is 10.3. The average molecular weight is 362 g/mol. The molecule has 7 heteroatoms. The van der Waals surface area contributed by atoms with Gasteiger partial charge in [-0.05, 0) is 38.2 Å². The fourth-order valence-corrected chi connectivity index (χ4v) is 3.73. The number of hydrogen-bond acceptors (Lipinski definition) is 3. The minimum Gasteiger partial charge on any atom is -0.325 e. The van der Waals surface area contributed by atoms with Crippen LogP contribution in [0.1, 0.15) is 13.8 Å². The number of rotatable bonds is 4. The summed E-state index contributed by atoms with van der Waals surface area (Å²) in [4.78, 5) is 18.7. The van der Waals surface area contributed by atoms with Crippen molar-refractivity contribution in [2.24, 2.45) is 7.05 Å². The molecule has 2 amide bonds. The summed E-state index contributed by atoms with van der Waals surface area (Å²) >= 11 is 5.62. The molecule has 1 aromatic heterocycles. The van der Waals surface area contributed by atoms with Gasteiger partial charge < -0.3 is 18.9 Å². The maximum Gasteiger partial charge on any atom is 0.320 e. The molecule has 1 aromatic carbocycles. The van der Waals surface area contributed by atoms with Crippen LogP contribution in [-0.4, -0.2) is 69.1 Å². The lowest BCUT2D eigenvalue weighted by Crippen LogP contribution is -2.52. The Bertz CT molecular complexity index is 799. The minimum atomic E-state index is 0.159. The molecule has 6 nitrogen and oxygen atoms in total. The highest BCUT2D eigenvalue weighted by Gasteiger charge is 2.24. The molecule has 2 heterocycles. The van der Waals surface area contributed by atoms with Gasteiger partial charge in [0.2, 0.25) is 0 Å². The van der Waals surface area contributed by atoms with E-state index in [0.29, 0.717) is 0 Å². The summed E-state index contributed by atoms with van der Waals surface area (Å²) in [7, 11) is 2.02. The number of aryl methyl sites for hydroxylation is 1. The van der Waals surface area contributed by atoms with Crippen molar-refractivity contribution < 1.29 is 4.79 Å². The van der Waals surface area contributed by atoms with Crippen LogP contribution in [0.25, 0.3) is 11.0 Å². The van der Waals surface area contributed by atoms with Crippen molar-refractivity contribution in [1.82, 2.24) is 23.8 Å². The predicted octanol–water partition coefficient (Wildman–Crippen LogP) is 2.75. The molecule has 0 atom stereocenters. The molecule has 1 fully saturated rings. The van der Waals surface area contributed by atoms with Crippen LogP contribution >= 0.6 is 12.2 Å². The zero-order chi connectivity index (χ0) is 18.0. The van der Waals surface area contributed by atoms with Crippen LogP contribution < -0.4 is 0 Å². The van der Waals surface area contributed by atoms with E-state index in [1.54, 1.807) is 0 Å². The second-order valence-corrected chi connectivity index (χ2v) is 6.82. The Morgan fingerprint density at radius 1 is 1.08 bits per heavy atom. The summed E-state index contributed by atoms with van der Waals surface area (Å²) in [5.41, 5.74) is 2.32. The first-order valence-corrected chi connectivity index (χ1v) is 9.38. The van der Waals surface area contributed by atoms with Crippen LogP contribution in [0.2, 0.25) is 0 Å². The number of nitrogens with zero attached hydrogens (tertiary/aromatic N) is 5. The van der Waals surface area contributed by atoms with E-state index in [2.05, 4.69) is 26.2 Å². The number of benzene rings is 1. The van der Waals surface area contributed by atoms with Gasteiger partial charge in [-0.25, -0.2) is 4.79 Å². The van der Waals surface area contributed by atoms with E-state index < -0.39 is 0 Å². The summed E-state index contributed by atoms with van der Waals surface area (Å²) in [6.07, 6.45) is 0. The molecule has 136 valence electrons. The van der Waals surface area contributed by atoms with Crippen molar-refractivity contribution in [1.29, 1.82) is 0 Å². The maximum absolute atomic E-state index is 12.5. The van der Waals surface area contributed by atoms with Crippen LogP contribution in [0.15, 0.2) is 24.3 Å². The number of aromatic nitrogens is 2. The molecule has 0 radical (unpaired) electrons. The van der Waals surface area contributed by atoms with E-state index in [0.717, 1.165) is 61.7 Å². The number of fused-ring (bicyclic) bond motifs is 1. The largest absolute Gasteiger partial charge is 0.325 e.